The van der Waals surface area contributed by atoms with Gasteiger partial charge in [-0.05, 0) is 41.7 Å². The van der Waals surface area contributed by atoms with Gasteiger partial charge in [-0.25, -0.2) is 0 Å². The van der Waals surface area contributed by atoms with Crippen LogP contribution in [0.15, 0.2) is 52.5 Å². The maximum absolute atomic E-state index is 12.6. The summed E-state index contributed by atoms with van der Waals surface area (Å²) in [6.45, 7) is 4.10. The van der Waals surface area contributed by atoms with Crippen LogP contribution in [0.1, 0.15) is 30.5 Å². The normalized spacial score (nSPS) is 11.0. The van der Waals surface area contributed by atoms with Crippen molar-refractivity contribution in [1.29, 1.82) is 5.26 Å². The first-order valence-electron chi connectivity index (χ1n) is 7.89. The van der Waals surface area contributed by atoms with Crippen molar-refractivity contribution in [2.24, 2.45) is 0 Å². The summed E-state index contributed by atoms with van der Waals surface area (Å²) >= 11 is 3.43. The van der Waals surface area contributed by atoms with Crippen molar-refractivity contribution >= 4 is 33.6 Å². The van der Waals surface area contributed by atoms with Crippen molar-refractivity contribution in [3.63, 3.8) is 0 Å². The van der Waals surface area contributed by atoms with Crippen LogP contribution in [-0.4, -0.2) is 5.91 Å². The number of nitrogens with one attached hydrogen (secondary N) is 1. The molecule has 0 radical (unpaired) electrons. The molecule has 0 bridgehead atoms. The Morgan fingerprint density at radius 2 is 1.75 bits per heavy atom. The maximum Gasteiger partial charge on any atom is 0.266 e. The first-order valence-corrected chi connectivity index (χ1v) is 8.68. The predicted octanol–water partition coefficient (Wildman–Crippen LogP) is 5.12. The number of amides is 1. The van der Waals surface area contributed by atoms with E-state index in [9.17, 15) is 10.1 Å². The monoisotopic (exact) mass is 382 g/mol. The Kier molecular flexibility index (Phi) is 6.34. The van der Waals surface area contributed by atoms with Crippen molar-refractivity contribution in [3.8, 4) is 6.07 Å². The van der Waals surface area contributed by atoms with Crippen molar-refractivity contribution in [2.45, 2.75) is 26.7 Å². The van der Waals surface area contributed by atoms with Gasteiger partial charge in [0.1, 0.15) is 11.6 Å². The van der Waals surface area contributed by atoms with E-state index in [1.54, 1.807) is 6.08 Å². The van der Waals surface area contributed by atoms with Gasteiger partial charge in [-0.3, -0.25) is 4.79 Å². The zero-order valence-corrected chi connectivity index (χ0v) is 15.4. The number of para-hydroxylation sites is 1. The van der Waals surface area contributed by atoms with Crippen LogP contribution in [0.5, 0.6) is 0 Å². The average Bonchev–Trinajstić information content (AvgIpc) is 2.61. The molecule has 122 valence electrons. The average molecular weight is 383 g/mol. The van der Waals surface area contributed by atoms with E-state index in [1.165, 1.54) is 0 Å². The molecule has 1 N–H and O–H groups in total. The van der Waals surface area contributed by atoms with E-state index in [4.69, 9.17) is 0 Å². The molecule has 2 rings (SSSR count). The maximum atomic E-state index is 12.6. The smallest absolute Gasteiger partial charge is 0.266 e. The van der Waals surface area contributed by atoms with E-state index in [1.807, 2.05) is 62.4 Å². The third-order valence-corrected chi connectivity index (χ3v) is 4.53. The SMILES string of the molecule is CCc1cccc(CC)c1NC(=O)/C(C#N)=C/c1ccccc1Br. The number of rotatable bonds is 5. The fraction of sp³-hybridized carbons (Fsp3) is 0.200. The lowest BCUT2D eigenvalue weighted by atomic mass is 10.0. The molecule has 3 nitrogen and oxygen atoms in total. The molecule has 0 fully saturated rings. The number of anilines is 1. The standard InChI is InChI=1S/C20H19BrN2O/c1-3-14-9-7-10-15(4-2)19(14)23-20(24)17(13-22)12-16-8-5-6-11-18(16)21/h5-12H,3-4H2,1-2H3,(H,23,24)/b17-12+. The number of benzene rings is 2. The molecule has 0 aliphatic carbocycles. The van der Waals surface area contributed by atoms with Crippen molar-refractivity contribution < 1.29 is 4.79 Å². The van der Waals surface area contributed by atoms with Gasteiger partial charge in [0.25, 0.3) is 5.91 Å². The van der Waals surface area contributed by atoms with Gasteiger partial charge < -0.3 is 5.32 Å². The zero-order chi connectivity index (χ0) is 17.5. The predicted molar refractivity (Wildman–Crippen MR) is 102 cm³/mol. The lowest BCUT2D eigenvalue weighted by molar-refractivity contribution is -0.112. The molecule has 2 aromatic carbocycles. The molecular formula is C20H19BrN2O. The largest absolute Gasteiger partial charge is 0.321 e. The molecule has 0 aromatic heterocycles. The van der Waals surface area contributed by atoms with Crippen LogP contribution in [0.3, 0.4) is 0 Å². The summed E-state index contributed by atoms with van der Waals surface area (Å²) < 4.78 is 0.841. The summed E-state index contributed by atoms with van der Waals surface area (Å²) in [6.07, 6.45) is 3.23. The van der Waals surface area contributed by atoms with Gasteiger partial charge in [-0.15, -0.1) is 0 Å². The highest BCUT2D eigenvalue weighted by Crippen LogP contribution is 2.24. The van der Waals surface area contributed by atoms with E-state index in [-0.39, 0.29) is 11.5 Å². The fourth-order valence-corrected chi connectivity index (χ4v) is 2.88. The molecule has 0 spiro atoms. The number of nitrogens with zero attached hydrogens (tertiary/aromatic N) is 1. The quantitative estimate of drug-likeness (QED) is 0.576. The van der Waals surface area contributed by atoms with Crippen LogP contribution in [0.2, 0.25) is 0 Å². The molecule has 24 heavy (non-hydrogen) atoms. The van der Waals surface area contributed by atoms with Gasteiger partial charge >= 0.3 is 0 Å². The van der Waals surface area contributed by atoms with E-state index in [0.717, 1.165) is 39.7 Å². The summed E-state index contributed by atoms with van der Waals surface area (Å²) in [5, 5.41) is 12.3. The number of hydrogen-bond acceptors (Lipinski definition) is 2. The molecule has 0 unspecified atom stereocenters. The summed E-state index contributed by atoms with van der Waals surface area (Å²) in [5.41, 5.74) is 3.83. The van der Waals surface area contributed by atoms with Crippen LogP contribution < -0.4 is 5.32 Å². The topological polar surface area (TPSA) is 52.9 Å². The molecular weight excluding hydrogens is 364 g/mol. The van der Waals surface area contributed by atoms with Gasteiger partial charge in [0.2, 0.25) is 0 Å². The molecule has 2 aromatic rings. The molecule has 0 heterocycles. The molecule has 0 atom stereocenters. The third-order valence-electron chi connectivity index (χ3n) is 3.81. The minimum absolute atomic E-state index is 0.0786. The highest BCUT2D eigenvalue weighted by Gasteiger charge is 2.14. The number of halogens is 1. The lowest BCUT2D eigenvalue weighted by Crippen LogP contribution is -2.16. The summed E-state index contributed by atoms with van der Waals surface area (Å²) in [5.74, 6) is -0.385. The van der Waals surface area contributed by atoms with Gasteiger partial charge in [0, 0.05) is 10.2 Å². The van der Waals surface area contributed by atoms with Crippen LogP contribution in [0.4, 0.5) is 5.69 Å². The second-order valence-electron chi connectivity index (χ2n) is 5.30. The minimum atomic E-state index is -0.385. The minimum Gasteiger partial charge on any atom is -0.321 e. The number of hydrogen-bond donors (Lipinski definition) is 1. The number of carbonyl (C=O) groups excluding carboxylic acids is 1. The van der Waals surface area contributed by atoms with E-state index in [0.29, 0.717) is 0 Å². The van der Waals surface area contributed by atoms with E-state index >= 15 is 0 Å². The van der Waals surface area contributed by atoms with Gasteiger partial charge in [0.15, 0.2) is 0 Å². The first-order chi connectivity index (χ1) is 11.6. The molecule has 4 heteroatoms. The van der Waals surface area contributed by atoms with Crippen molar-refractivity contribution in [2.75, 3.05) is 5.32 Å². The molecule has 0 aliphatic rings. The summed E-state index contributed by atoms with van der Waals surface area (Å²) in [4.78, 5) is 12.6. The molecule has 0 saturated carbocycles. The van der Waals surface area contributed by atoms with Crippen LogP contribution >= 0.6 is 15.9 Å². The number of nitriles is 1. The number of aryl methyl sites for hydroxylation is 2. The Hall–Kier alpha value is -2.38. The van der Waals surface area contributed by atoms with Gasteiger partial charge in [0.05, 0.1) is 0 Å². The Labute approximate surface area is 151 Å². The second-order valence-corrected chi connectivity index (χ2v) is 6.16. The van der Waals surface area contributed by atoms with Crippen LogP contribution in [0.25, 0.3) is 6.08 Å². The van der Waals surface area contributed by atoms with E-state index < -0.39 is 0 Å². The molecule has 0 saturated heterocycles. The summed E-state index contributed by atoms with van der Waals surface area (Å²) in [7, 11) is 0. The highest BCUT2D eigenvalue weighted by atomic mass is 79.9. The van der Waals surface area contributed by atoms with Crippen LogP contribution in [0, 0.1) is 11.3 Å². The first kappa shape index (κ1) is 18.0. The Morgan fingerprint density at radius 1 is 1.12 bits per heavy atom. The second kappa shape index (κ2) is 8.47. The lowest BCUT2D eigenvalue weighted by Gasteiger charge is -2.14. The van der Waals surface area contributed by atoms with Crippen LogP contribution in [-0.2, 0) is 17.6 Å². The molecule has 0 aliphatic heterocycles. The van der Waals surface area contributed by atoms with Gasteiger partial charge in [-0.1, -0.05) is 66.2 Å². The fourth-order valence-electron chi connectivity index (χ4n) is 2.48. The van der Waals surface area contributed by atoms with Gasteiger partial charge in [-0.2, -0.15) is 5.26 Å². The van der Waals surface area contributed by atoms with E-state index in [2.05, 4.69) is 21.2 Å². The summed E-state index contributed by atoms with van der Waals surface area (Å²) in [6, 6.07) is 15.5. The Morgan fingerprint density at radius 3 is 2.29 bits per heavy atom. The Balaban J connectivity index is 2.35. The van der Waals surface area contributed by atoms with Crippen molar-refractivity contribution in [3.05, 3.63) is 69.2 Å². The number of carbonyl (C=O) groups is 1. The third kappa shape index (κ3) is 4.12. The van der Waals surface area contributed by atoms with Crippen molar-refractivity contribution in [1.82, 2.24) is 0 Å². The Bertz CT molecular complexity index is 796. The molecule has 1 amide bonds. The highest BCUT2D eigenvalue weighted by molar-refractivity contribution is 9.10. The zero-order valence-electron chi connectivity index (χ0n) is 13.8.